The minimum Gasteiger partial charge on any atom is -0.488 e. The summed E-state index contributed by atoms with van der Waals surface area (Å²) >= 11 is 0. The van der Waals surface area contributed by atoms with Crippen LogP contribution in [0.1, 0.15) is 18.9 Å². The van der Waals surface area contributed by atoms with E-state index >= 15 is 0 Å². The van der Waals surface area contributed by atoms with Crippen LogP contribution < -0.4 is 15.4 Å². The van der Waals surface area contributed by atoms with Gasteiger partial charge in [-0.05, 0) is 25.0 Å². The van der Waals surface area contributed by atoms with Gasteiger partial charge in [0.1, 0.15) is 18.5 Å². The average molecular weight is 487 g/mol. The molecule has 0 amide bonds. The topological polar surface area (TPSA) is 54.9 Å². The van der Waals surface area contributed by atoms with E-state index in [1.807, 2.05) is 31.2 Å². The Kier molecular flexibility index (Phi) is 10.1. The third kappa shape index (κ3) is 8.43. The molecule has 1 aromatic rings. The van der Waals surface area contributed by atoms with Crippen LogP contribution in [0.5, 0.6) is 5.75 Å². The van der Waals surface area contributed by atoms with Gasteiger partial charge in [-0.2, -0.15) is 13.2 Å². The van der Waals surface area contributed by atoms with Crippen LogP contribution in [-0.2, 0) is 11.2 Å². The molecule has 2 rings (SSSR count). The Morgan fingerprint density at radius 2 is 2.08 bits per heavy atom. The summed E-state index contributed by atoms with van der Waals surface area (Å²) in [5.41, 5.74) is 1.18. The van der Waals surface area contributed by atoms with Gasteiger partial charge in [-0.3, -0.25) is 0 Å². The zero-order valence-corrected chi connectivity index (χ0v) is 17.0. The van der Waals surface area contributed by atoms with E-state index in [9.17, 15) is 13.2 Å². The molecule has 1 aliphatic rings. The lowest BCUT2D eigenvalue weighted by Crippen LogP contribution is -2.39. The fraction of sp³-hybridized carbons (Fsp3) is 0.588. The molecular weight excluding hydrogens is 462 g/mol. The van der Waals surface area contributed by atoms with Gasteiger partial charge in [-0.15, -0.1) is 24.0 Å². The summed E-state index contributed by atoms with van der Waals surface area (Å²) in [6.45, 7) is 2.48. The summed E-state index contributed by atoms with van der Waals surface area (Å²) in [6.07, 6.45) is -2.98. The molecule has 1 aromatic carbocycles. The van der Waals surface area contributed by atoms with Crippen LogP contribution in [0.25, 0.3) is 0 Å². The van der Waals surface area contributed by atoms with Gasteiger partial charge in [0.15, 0.2) is 5.96 Å². The van der Waals surface area contributed by atoms with Crippen LogP contribution in [0.3, 0.4) is 0 Å². The molecule has 1 heterocycles. The first-order valence-electron chi connectivity index (χ1n) is 8.39. The molecule has 1 atom stereocenters. The van der Waals surface area contributed by atoms with Gasteiger partial charge < -0.3 is 20.1 Å². The van der Waals surface area contributed by atoms with E-state index in [4.69, 9.17) is 4.74 Å². The molecule has 26 heavy (non-hydrogen) atoms. The molecule has 0 saturated heterocycles. The Morgan fingerprint density at radius 3 is 2.77 bits per heavy atom. The van der Waals surface area contributed by atoms with Gasteiger partial charge in [0.2, 0.25) is 0 Å². The van der Waals surface area contributed by atoms with Crippen molar-refractivity contribution in [2.24, 2.45) is 4.99 Å². The number of guanidine groups is 1. The van der Waals surface area contributed by atoms with E-state index in [0.29, 0.717) is 32.0 Å². The monoisotopic (exact) mass is 487 g/mol. The highest BCUT2D eigenvalue weighted by Gasteiger charge is 2.27. The maximum absolute atomic E-state index is 12.0. The first-order valence-corrected chi connectivity index (χ1v) is 8.39. The SMILES string of the molecule is CCNC(=NCC1Cc2ccccc2O1)NCCCOCC(F)(F)F.I. The number of nitrogens with one attached hydrogen (secondary N) is 2. The number of halogens is 4. The molecular formula is C17H25F3IN3O2. The largest absolute Gasteiger partial charge is 0.488 e. The van der Waals surface area contributed by atoms with Crippen LogP contribution in [0.15, 0.2) is 29.3 Å². The summed E-state index contributed by atoms with van der Waals surface area (Å²) in [6, 6.07) is 7.92. The molecule has 0 saturated carbocycles. The predicted molar refractivity (Wildman–Crippen MR) is 105 cm³/mol. The Hall–Kier alpha value is -1.23. The normalized spacial score (nSPS) is 16.5. The average Bonchev–Trinajstić information content (AvgIpc) is 2.97. The molecule has 148 valence electrons. The van der Waals surface area contributed by atoms with Crippen molar-refractivity contribution in [1.82, 2.24) is 10.6 Å². The third-order valence-corrected chi connectivity index (χ3v) is 3.53. The second-order valence-corrected chi connectivity index (χ2v) is 5.72. The lowest BCUT2D eigenvalue weighted by atomic mass is 10.1. The molecule has 2 N–H and O–H groups in total. The molecule has 9 heteroatoms. The Labute approximate surface area is 168 Å². The smallest absolute Gasteiger partial charge is 0.411 e. The quantitative estimate of drug-likeness (QED) is 0.256. The van der Waals surface area contributed by atoms with Gasteiger partial charge >= 0.3 is 6.18 Å². The molecule has 0 bridgehead atoms. The van der Waals surface area contributed by atoms with Crippen molar-refractivity contribution in [1.29, 1.82) is 0 Å². The zero-order chi connectivity index (χ0) is 18.1. The first kappa shape index (κ1) is 22.8. The second-order valence-electron chi connectivity index (χ2n) is 5.72. The molecule has 5 nitrogen and oxygen atoms in total. The van der Waals surface area contributed by atoms with Gasteiger partial charge in [0.05, 0.1) is 6.54 Å². The minimum atomic E-state index is -4.28. The number of hydrogen-bond donors (Lipinski definition) is 2. The van der Waals surface area contributed by atoms with Gasteiger partial charge in [-0.25, -0.2) is 4.99 Å². The van der Waals surface area contributed by atoms with Crippen LogP contribution in [0.2, 0.25) is 0 Å². The standard InChI is InChI=1S/C17H24F3N3O2.HI/c1-2-21-16(22-8-5-9-24-12-17(18,19)20)23-11-14-10-13-6-3-4-7-15(13)25-14;/h3-4,6-7,14H,2,5,8-12H2,1H3,(H2,21,22,23);1H. The van der Waals surface area contributed by atoms with E-state index in [1.165, 1.54) is 5.56 Å². The summed E-state index contributed by atoms with van der Waals surface area (Å²) in [5, 5.41) is 6.19. The first-order chi connectivity index (χ1) is 12.0. The molecule has 0 aromatic heterocycles. The third-order valence-electron chi connectivity index (χ3n) is 3.53. The van der Waals surface area contributed by atoms with Crippen molar-refractivity contribution < 1.29 is 22.6 Å². The van der Waals surface area contributed by atoms with Crippen LogP contribution in [-0.4, -0.2) is 51.1 Å². The van der Waals surface area contributed by atoms with Gasteiger partial charge in [0, 0.05) is 26.1 Å². The molecule has 0 aliphatic carbocycles. The number of rotatable bonds is 8. The Balaban J connectivity index is 0.00000338. The molecule has 1 unspecified atom stereocenters. The highest BCUT2D eigenvalue weighted by Crippen LogP contribution is 2.28. The predicted octanol–water partition coefficient (Wildman–Crippen LogP) is 3.13. The second kappa shape index (κ2) is 11.5. The lowest BCUT2D eigenvalue weighted by molar-refractivity contribution is -0.173. The Morgan fingerprint density at radius 1 is 1.31 bits per heavy atom. The fourth-order valence-electron chi connectivity index (χ4n) is 2.46. The van der Waals surface area contributed by atoms with E-state index < -0.39 is 12.8 Å². The van der Waals surface area contributed by atoms with Crippen molar-refractivity contribution in [2.75, 3.05) is 32.8 Å². The lowest BCUT2D eigenvalue weighted by Gasteiger charge is -2.13. The van der Waals surface area contributed by atoms with E-state index in [2.05, 4.69) is 20.4 Å². The van der Waals surface area contributed by atoms with E-state index in [1.54, 1.807) is 0 Å². The van der Waals surface area contributed by atoms with Crippen molar-refractivity contribution in [3.8, 4) is 5.75 Å². The number of alkyl halides is 3. The minimum absolute atomic E-state index is 0. The molecule has 0 radical (unpaired) electrons. The van der Waals surface area contributed by atoms with Crippen molar-refractivity contribution in [3.63, 3.8) is 0 Å². The van der Waals surface area contributed by atoms with Gasteiger partial charge in [-0.1, -0.05) is 18.2 Å². The van der Waals surface area contributed by atoms with Crippen molar-refractivity contribution in [3.05, 3.63) is 29.8 Å². The van der Waals surface area contributed by atoms with E-state index in [0.717, 1.165) is 12.2 Å². The number of fused-ring (bicyclic) bond motifs is 1. The number of benzene rings is 1. The number of nitrogens with zero attached hydrogens (tertiary/aromatic N) is 1. The van der Waals surface area contributed by atoms with Crippen LogP contribution in [0.4, 0.5) is 13.2 Å². The maximum atomic E-state index is 12.0. The van der Waals surface area contributed by atoms with Crippen molar-refractivity contribution >= 4 is 29.9 Å². The molecule has 1 aliphatic heterocycles. The summed E-state index contributed by atoms with van der Waals surface area (Å²) in [4.78, 5) is 4.48. The number of aliphatic imine (C=N–C) groups is 1. The number of para-hydroxylation sites is 1. The Bertz CT molecular complexity index is 545. The highest BCUT2D eigenvalue weighted by molar-refractivity contribution is 14.0. The van der Waals surface area contributed by atoms with E-state index in [-0.39, 0.29) is 36.7 Å². The highest BCUT2D eigenvalue weighted by atomic mass is 127. The number of ether oxygens (including phenoxy) is 2. The zero-order valence-electron chi connectivity index (χ0n) is 14.6. The van der Waals surface area contributed by atoms with Crippen LogP contribution in [0, 0.1) is 0 Å². The summed E-state index contributed by atoms with van der Waals surface area (Å²) < 4.78 is 46.3. The summed E-state index contributed by atoms with van der Waals surface area (Å²) in [7, 11) is 0. The number of hydrogen-bond acceptors (Lipinski definition) is 3. The van der Waals surface area contributed by atoms with Crippen molar-refractivity contribution in [2.45, 2.75) is 32.0 Å². The molecule has 0 spiro atoms. The van der Waals surface area contributed by atoms with Gasteiger partial charge in [0.25, 0.3) is 0 Å². The fourth-order valence-corrected chi connectivity index (χ4v) is 2.46. The maximum Gasteiger partial charge on any atom is 0.411 e. The molecule has 0 fully saturated rings. The van der Waals surface area contributed by atoms with Crippen LogP contribution >= 0.6 is 24.0 Å². The summed E-state index contributed by atoms with van der Waals surface area (Å²) in [5.74, 6) is 1.53.